The van der Waals surface area contributed by atoms with Crippen LogP contribution < -0.4 is 4.90 Å². The summed E-state index contributed by atoms with van der Waals surface area (Å²) in [5.74, 6) is 0.714. The van der Waals surface area contributed by atoms with Crippen LogP contribution in [0, 0.1) is 5.92 Å². The Morgan fingerprint density at radius 1 is 0.909 bits per heavy atom. The van der Waals surface area contributed by atoms with Crippen molar-refractivity contribution in [2.24, 2.45) is 5.92 Å². The molecule has 22 heavy (non-hydrogen) atoms. The van der Waals surface area contributed by atoms with Crippen LogP contribution in [0.4, 0.5) is 16.2 Å². The highest BCUT2D eigenvalue weighted by Crippen LogP contribution is 2.28. The zero-order valence-electron chi connectivity index (χ0n) is 13.0. The van der Waals surface area contributed by atoms with Crippen molar-refractivity contribution < 1.29 is 4.79 Å². The SMILES string of the molecule is CC1CCN(C(=O)N(c2ccccc2)c2ccccc2)CC1. The minimum absolute atomic E-state index is 0.0734. The monoisotopic (exact) mass is 294 g/mol. The number of likely N-dealkylation sites (tertiary alicyclic amines) is 1. The number of nitrogens with zero attached hydrogens (tertiary/aromatic N) is 2. The maximum Gasteiger partial charge on any atom is 0.329 e. The Kier molecular flexibility index (Phi) is 4.42. The Bertz CT molecular complexity index is 564. The Hall–Kier alpha value is -2.29. The van der Waals surface area contributed by atoms with Gasteiger partial charge < -0.3 is 4.90 Å². The second-order valence-electron chi connectivity index (χ2n) is 5.96. The highest BCUT2D eigenvalue weighted by molar-refractivity contribution is 5.99. The summed E-state index contributed by atoms with van der Waals surface area (Å²) in [5, 5.41) is 0. The number of benzene rings is 2. The quantitative estimate of drug-likeness (QED) is 0.789. The Labute approximate surface area is 132 Å². The van der Waals surface area contributed by atoms with Gasteiger partial charge in [0.1, 0.15) is 0 Å². The van der Waals surface area contributed by atoms with Gasteiger partial charge in [0, 0.05) is 13.1 Å². The number of piperidine rings is 1. The molecule has 0 unspecified atom stereocenters. The molecule has 3 heteroatoms. The van der Waals surface area contributed by atoms with Crippen LogP contribution in [0.25, 0.3) is 0 Å². The molecule has 0 aliphatic carbocycles. The predicted molar refractivity (Wildman–Crippen MR) is 90.4 cm³/mol. The first-order valence-electron chi connectivity index (χ1n) is 7.95. The van der Waals surface area contributed by atoms with Gasteiger partial charge in [0.05, 0.1) is 11.4 Å². The first-order valence-corrected chi connectivity index (χ1v) is 7.95. The molecule has 0 N–H and O–H groups in total. The number of anilines is 2. The van der Waals surface area contributed by atoms with Gasteiger partial charge in [-0.25, -0.2) is 4.79 Å². The number of para-hydroxylation sites is 2. The predicted octanol–water partition coefficient (Wildman–Crippen LogP) is 4.68. The van der Waals surface area contributed by atoms with Crippen LogP contribution >= 0.6 is 0 Å². The van der Waals surface area contributed by atoms with Crippen molar-refractivity contribution >= 4 is 17.4 Å². The average molecular weight is 294 g/mol. The fourth-order valence-electron chi connectivity index (χ4n) is 2.87. The van der Waals surface area contributed by atoms with Crippen molar-refractivity contribution in [1.82, 2.24) is 4.90 Å². The molecule has 0 aromatic heterocycles. The molecule has 0 saturated carbocycles. The summed E-state index contributed by atoms with van der Waals surface area (Å²) in [6.07, 6.45) is 2.17. The molecule has 0 atom stereocenters. The summed E-state index contributed by atoms with van der Waals surface area (Å²) in [4.78, 5) is 16.8. The van der Waals surface area contributed by atoms with Gasteiger partial charge in [-0.1, -0.05) is 43.3 Å². The molecular weight excluding hydrogens is 272 g/mol. The lowest BCUT2D eigenvalue weighted by Crippen LogP contribution is -2.44. The number of urea groups is 1. The fourth-order valence-corrected chi connectivity index (χ4v) is 2.87. The number of hydrogen-bond donors (Lipinski definition) is 0. The van der Waals surface area contributed by atoms with E-state index in [1.807, 2.05) is 70.5 Å². The van der Waals surface area contributed by atoms with Gasteiger partial charge in [0.25, 0.3) is 0 Å². The van der Waals surface area contributed by atoms with Gasteiger partial charge in [0.15, 0.2) is 0 Å². The van der Waals surface area contributed by atoms with E-state index in [4.69, 9.17) is 0 Å². The molecule has 1 aliphatic heterocycles. The highest BCUT2D eigenvalue weighted by Gasteiger charge is 2.26. The van der Waals surface area contributed by atoms with E-state index >= 15 is 0 Å². The lowest BCUT2D eigenvalue weighted by Gasteiger charge is -2.35. The number of carbonyl (C=O) groups excluding carboxylic acids is 1. The van der Waals surface area contributed by atoms with Gasteiger partial charge in [-0.15, -0.1) is 0 Å². The molecule has 3 rings (SSSR count). The van der Waals surface area contributed by atoms with Crippen LogP contribution in [0.3, 0.4) is 0 Å². The largest absolute Gasteiger partial charge is 0.329 e. The summed E-state index contributed by atoms with van der Waals surface area (Å²) in [6.45, 7) is 3.94. The molecule has 2 aromatic carbocycles. The summed E-state index contributed by atoms with van der Waals surface area (Å²) < 4.78 is 0. The maximum absolute atomic E-state index is 13.1. The van der Waals surface area contributed by atoms with E-state index in [0.717, 1.165) is 37.3 Å². The van der Waals surface area contributed by atoms with Gasteiger partial charge >= 0.3 is 6.03 Å². The van der Waals surface area contributed by atoms with Gasteiger partial charge in [0.2, 0.25) is 0 Å². The second-order valence-corrected chi connectivity index (χ2v) is 5.96. The molecule has 1 fully saturated rings. The molecule has 0 spiro atoms. The van der Waals surface area contributed by atoms with Gasteiger partial charge in [-0.2, -0.15) is 0 Å². The van der Waals surface area contributed by atoms with E-state index in [1.54, 1.807) is 0 Å². The fraction of sp³-hybridized carbons (Fsp3) is 0.316. The van der Waals surface area contributed by atoms with Crippen molar-refractivity contribution in [2.45, 2.75) is 19.8 Å². The highest BCUT2D eigenvalue weighted by atomic mass is 16.2. The summed E-state index contributed by atoms with van der Waals surface area (Å²) in [7, 11) is 0. The molecule has 3 nitrogen and oxygen atoms in total. The van der Waals surface area contributed by atoms with E-state index in [9.17, 15) is 4.79 Å². The van der Waals surface area contributed by atoms with Crippen LogP contribution in [0.1, 0.15) is 19.8 Å². The minimum atomic E-state index is 0.0734. The van der Waals surface area contributed by atoms with Crippen molar-refractivity contribution in [3.8, 4) is 0 Å². The third kappa shape index (κ3) is 3.14. The average Bonchev–Trinajstić information content (AvgIpc) is 2.57. The minimum Gasteiger partial charge on any atom is -0.324 e. The number of carbonyl (C=O) groups is 1. The van der Waals surface area contributed by atoms with E-state index in [1.165, 1.54) is 0 Å². The van der Waals surface area contributed by atoms with Crippen molar-refractivity contribution in [2.75, 3.05) is 18.0 Å². The van der Waals surface area contributed by atoms with Crippen LogP contribution in [-0.4, -0.2) is 24.0 Å². The molecule has 2 aromatic rings. The third-order valence-corrected chi connectivity index (χ3v) is 4.27. The molecule has 1 aliphatic rings. The number of amides is 2. The lowest BCUT2D eigenvalue weighted by molar-refractivity contribution is 0.182. The van der Waals surface area contributed by atoms with E-state index in [0.29, 0.717) is 5.92 Å². The summed E-state index contributed by atoms with van der Waals surface area (Å²) >= 11 is 0. The molecule has 114 valence electrons. The second kappa shape index (κ2) is 6.65. The molecule has 1 heterocycles. The zero-order chi connectivity index (χ0) is 15.4. The van der Waals surface area contributed by atoms with E-state index in [-0.39, 0.29) is 6.03 Å². The van der Waals surface area contributed by atoms with E-state index < -0.39 is 0 Å². The zero-order valence-corrected chi connectivity index (χ0v) is 13.0. The maximum atomic E-state index is 13.1. The smallest absolute Gasteiger partial charge is 0.324 e. The molecule has 2 amide bonds. The molecule has 0 radical (unpaired) electrons. The molecule has 0 bridgehead atoms. The Morgan fingerprint density at radius 3 is 1.82 bits per heavy atom. The summed E-state index contributed by atoms with van der Waals surface area (Å²) in [5.41, 5.74) is 1.83. The first kappa shape index (κ1) is 14.6. The van der Waals surface area contributed by atoms with E-state index in [2.05, 4.69) is 6.92 Å². The first-order chi connectivity index (χ1) is 10.8. The Morgan fingerprint density at radius 2 is 1.36 bits per heavy atom. The van der Waals surface area contributed by atoms with Gasteiger partial charge in [-0.3, -0.25) is 4.90 Å². The summed E-state index contributed by atoms with van der Waals surface area (Å²) in [6, 6.07) is 19.8. The van der Waals surface area contributed by atoms with Crippen molar-refractivity contribution in [3.63, 3.8) is 0 Å². The van der Waals surface area contributed by atoms with Crippen LogP contribution in [0.2, 0.25) is 0 Å². The Balaban J connectivity index is 1.90. The number of rotatable bonds is 2. The molecule has 1 saturated heterocycles. The van der Waals surface area contributed by atoms with Crippen LogP contribution in [-0.2, 0) is 0 Å². The van der Waals surface area contributed by atoms with Crippen molar-refractivity contribution in [3.05, 3.63) is 60.7 Å². The van der Waals surface area contributed by atoms with Crippen molar-refractivity contribution in [1.29, 1.82) is 0 Å². The van der Waals surface area contributed by atoms with Gasteiger partial charge in [-0.05, 0) is 43.0 Å². The standard InChI is InChI=1S/C19H22N2O/c1-16-12-14-20(15-13-16)19(22)21(17-8-4-2-5-9-17)18-10-6-3-7-11-18/h2-11,16H,12-15H2,1H3. The molecular formula is C19H22N2O. The van der Waals surface area contributed by atoms with Crippen LogP contribution in [0.15, 0.2) is 60.7 Å². The number of hydrogen-bond acceptors (Lipinski definition) is 1. The normalized spacial score (nSPS) is 15.6. The third-order valence-electron chi connectivity index (χ3n) is 4.27. The lowest BCUT2D eigenvalue weighted by atomic mass is 9.99. The van der Waals surface area contributed by atoms with Crippen LogP contribution in [0.5, 0.6) is 0 Å². The topological polar surface area (TPSA) is 23.6 Å².